The highest BCUT2D eigenvalue weighted by molar-refractivity contribution is 5.61. The van der Waals surface area contributed by atoms with Crippen LogP contribution in [0.2, 0.25) is 0 Å². The molecule has 0 saturated heterocycles. The minimum atomic E-state index is 0.625. The molecule has 1 aromatic heterocycles. The molecule has 0 atom stereocenters. The molecular weight excluding hydrogens is 212 g/mol. The molecule has 17 heavy (non-hydrogen) atoms. The minimum Gasteiger partial charge on any atom is -0.369 e. The second kappa shape index (κ2) is 5.08. The van der Waals surface area contributed by atoms with Gasteiger partial charge in [-0.2, -0.15) is 5.26 Å². The van der Waals surface area contributed by atoms with Crippen molar-refractivity contribution in [2.45, 2.75) is 6.92 Å². The maximum absolute atomic E-state index is 8.83. The number of nitrogens with one attached hydrogen (secondary N) is 1. The van der Waals surface area contributed by atoms with Gasteiger partial charge in [-0.1, -0.05) is 12.1 Å². The van der Waals surface area contributed by atoms with Crippen LogP contribution in [0.3, 0.4) is 0 Å². The molecule has 0 amide bonds. The molecule has 2 rings (SSSR count). The summed E-state index contributed by atoms with van der Waals surface area (Å²) in [5.74, 6) is 0.757. The van der Waals surface area contributed by atoms with Crippen LogP contribution < -0.4 is 5.32 Å². The monoisotopic (exact) mass is 224 g/mol. The summed E-state index contributed by atoms with van der Waals surface area (Å²) in [6.07, 6.45) is 0. The number of rotatable bonds is 3. The minimum absolute atomic E-state index is 0.625. The summed E-state index contributed by atoms with van der Waals surface area (Å²) in [6, 6.07) is 13.2. The molecule has 4 heteroatoms. The Morgan fingerprint density at radius 2 is 2.12 bits per heavy atom. The Balaban J connectivity index is 2.30. The molecule has 0 aliphatic carbocycles. The lowest BCUT2D eigenvalue weighted by atomic mass is 10.1. The molecule has 0 radical (unpaired) electrons. The van der Waals surface area contributed by atoms with E-state index in [1.807, 2.05) is 31.2 Å². The first-order valence-electron chi connectivity index (χ1n) is 5.41. The summed E-state index contributed by atoms with van der Waals surface area (Å²) in [5, 5.41) is 20.1. The van der Waals surface area contributed by atoms with Crippen LogP contribution >= 0.6 is 0 Å². The molecule has 0 saturated carbocycles. The fourth-order valence-corrected chi connectivity index (χ4v) is 1.51. The van der Waals surface area contributed by atoms with Gasteiger partial charge in [0.1, 0.15) is 5.82 Å². The van der Waals surface area contributed by atoms with E-state index in [0.29, 0.717) is 5.56 Å². The molecule has 2 aromatic rings. The third-order valence-corrected chi connectivity index (χ3v) is 2.31. The highest BCUT2D eigenvalue weighted by atomic mass is 15.2. The molecule has 1 N–H and O–H groups in total. The fourth-order valence-electron chi connectivity index (χ4n) is 1.51. The van der Waals surface area contributed by atoms with Crippen molar-refractivity contribution >= 4 is 5.82 Å². The van der Waals surface area contributed by atoms with Crippen LogP contribution in [0.1, 0.15) is 12.5 Å². The van der Waals surface area contributed by atoms with Crippen molar-refractivity contribution < 1.29 is 0 Å². The first-order valence-corrected chi connectivity index (χ1v) is 5.41. The van der Waals surface area contributed by atoms with Gasteiger partial charge in [-0.05, 0) is 31.2 Å². The zero-order valence-corrected chi connectivity index (χ0v) is 9.51. The van der Waals surface area contributed by atoms with Gasteiger partial charge in [0.25, 0.3) is 0 Å². The van der Waals surface area contributed by atoms with E-state index >= 15 is 0 Å². The third-order valence-electron chi connectivity index (χ3n) is 2.31. The Morgan fingerprint density at radius 1 is 1.24 bits per heavy atom. The van der Waals surface area contributed by atoms with Crippen molar-refractivity contribution in [1.29, 1.82) is 5.26 Å². The van der Waals surface area contributed by atoms with Crippen LogP contribution in [0.4, 0.5) is 5.82 Å². The van der Waals surface area contributed by atoms with Gasteiger partial charge >= 0.3 is 0 Å². The topological polar surface area (TPSA) is 61.6 Å². The van der Waals surface area contributed by atoms with E-state index in [1.54, 1.807) is 12.1 Å². The lowest BCUT2D eigenvalue weighted by Crippen LogP contribution is -2.00. The van der Waals surface area contributed by atoms with Crippen LogP contribution in [0.15, 0.2) is 36.4 Å². The average molecular weight is 224 g/mol. The standard InChI is InChI=1S/C13H12N4/c1-2-15-13-7-6-12(16-17-13)11-5-3-4-10(8-11)9-14/h3-8H,2H2,1H3,(H,15,17). The van der Waals surface area contributed by atoms with Gasteiger partial charge in [0, 0.05) is 12.1 Å². The molecular formula is C13H12N4. The van der Waals surface area contributed by atoms with Gasteiger partial charge in [0.05, 0.1) is 17.3 Å². The highest BCUT2D eigenvalue weighted by Crippen LogP contribution is 2.18. The number of hydrogen-bond acceptors (Lipinski definition) is 4. The fraction of sp³-hybridized carbons (Fsp3) is 0.154. The van der Waals surface area contributed by atoms with E-state index in [1.165, 1.54) is 0 Å². The second-order valence-electron chi connectivity index (χ2n) is 3.53. The molecule has 4 nitrogen and oxygen atoms in total. The lowest BCUT2D eigenvalue weighted by molar-refractivity contribution is 1.02. The Labute approximate surface area is 99.9 Å². The van der Waals surface area contributed by atoms with Crippen molar-refractivity contribution in [3.05, 3.63) is 42.0 Å². The van der Waals surface area contributed by atoms with Crippen LogP contribution in [-0.4, -0.2) is 16.7 Å². The van der Waals surface area contributed by atoms with E-state index in [-0.39, 0.29) is 0 Å². The summed E-state index contributed by atoms with van der Waals surface area (Å²) in [4.78, 5) is 0. The normalized spacial score (nSPS) is 9.65. The predicted molar refractivity (Wildman–Crippen MR) is 66.3 cm³/mol. The molecule has 0 fully saturated rings. The Morgan fingerprint density at radius 3 is 2.76 bits per heavy atom. The van der Waals surface area contributed by atoms with Crippen molar-refractivity contribution in [1.82, 2.24) is 10.2 Å². The van der Waals surface area contributed by atoms with Gasteiger partial charge in [-0.25, -0.2) is 0 Å². The molecule has 0 unspecified atom stereocenters. The number of nitriles is 1. The SMILES string of the molecule is CCNc1ccc(-c2cccc(C#N)c2)nn1. The lowest BCUT2D eigenvalue weighted by Gasteiger charge is -2.03. The smallest absolute Gasteiger partial charge is 0.148 e. The first kappa shape index (κ1) is 11.1. The third kappa shape index (κ3) is 2.58. The Kier molecular flexibility index (Phi) is 3.31. The zero-order chi connectivity index (χ0) is 12.1. The van der Waals surface area contributed by atoms with Crippen molar-refractivity contribution in [3.8, 4) is 17.3 Å². The molecule has 0 spiro atoms. The maximum atomic E-state index is 8.83. The van der Waals surface area contributed by atoms with E-state index in [2.05, 4.69) is 21.6 Å². The zero-order valence-electron chi connectivity index (χ0n) is 9.51. The number of nitrogens with zero attached hydrogens (tertiary/aromatic N) is 3. The summed E-state index contributed by atoms with van der Waals surface area (Å²) >= 11 is 0. The van der Waals surface area contributed by atoms with Gasteiger partial charge in [0.15, 0.2) is 0 Å². The summed E-state index contributed by atoms with van der Waals surface area (Å²) in [6.45, 7) is 2.82. The van der Waals surface area contributed by atoms with Gasteiger partial charge < -0.3 is 5.32 Å². The van der Waals surface area contributed by atoms with E-state index < -0.39 is 0 Å². The van der Waals surface area contributed by atoms with Crippen LogP contribution in [-0.2, 0) is 0 Å². The second-order valence-corrected chi connectivity index (χ2v) is 3.53. The number of anilines is 1. The Bertz CT molecular complexity index is 540. The van der Waals surface area contributed by atoms with E-state index in [0.717, 1.165) is 23.6 Å². The van der Waals surface area contributed by atoms with Gasteiger partial charge in [-0.15, -0.1) is 10.2 Å². The Hall–Kier alpha value is -2.41. The molecule has 1 heterocycles. The van der Waals surface area contributed by atoms with Gasteiger partial charge in [0.2, 0.25) is 0 Å². The van der Waals surface area contributed by atoms with Crippen LogP contribution in [0.5, 0.6) is 0 Å². The van der Waals surface area contributed by atoms with E-state index in [4.69, 9.17) is 5.26 Å². The quantitative estimate of drug-likeness (QED) is 0.869. The van der Waals surface area contributed by atoms with Crippen molar-refractivity contribution in [2.75, 3.05) is 11.9 Å². The average Bonchev–Trinajstić information content (AvgIpc) is 2.40. The summed E-state index contributed by atoms with van der Waals surface area (Å²) in [5.41, 5.74) is 2.29. The number of aromatic nitrogens is 2. The van der Waals surface area contributed by atoms with Crippen molar-refractivity contribution in [2.24, 2.45) is 0 Å². The molecule has 0 aliphatic rings. The largest absolute Gasteiger partial charge is 0.369 e. The predicted octanol–water partition coefficient (Wildman–Crippen LogP) is 2.45. The van der Waals surface area contributed by atoms with Crippen molar-refractivity contribution in [3.63, 3.8) is 0 Å². The summed E-state index contributed by atoms with van der Waals surface area (Å²) in [7, 11) is 0. The van der Waals surface area contributed by atoms with E-state index in [9.17, 15) is 0 Å². The highest BCUT2D eigenvalue weighted by Gasteiger charge is 2.01. The first-order chi connectivity index (χ1) is 8.33. The van der Waals surface area contributed by atoms with Gasteiger partial charge in [-0.3, -0.25) is 0 Å². The number of hydrogen-bond donors (Lipinski definition) is 1. The maximum Gasteiger partial charge on any atom is 0.148 e. The van der Waals surface area contributed by atoms with Crippen LogP contribution in [0.25, 0.3) is 11.3 Å². The molecule has 0 aliphatic heterocycles. The summed E-state index contributed by atoms with van der Waals surface area (Å²) < 4.78 is 0. The van der Waals surface area contributed by atoms with Crippen LogP contribution in [0, 0.1) is 11.3 Å². The molecule has 1 aromatic carbocycles. The number of benzene rings is 1. The molecule has 84 valence electrons. The molecule has 0 bridgehead atoms.